The molecular formula is C13H14O4. The van der Waals surface area contributed by atoms with Gasteiger partial charge in [0.15, 0.2) is 0 Å². The number of carbonyl (C=O) groups is 1. The highest BCUT2D eigenvalue weighted by Gasteiger charge is 2.44. The van der Waals surface area contributed by atoms with Gasteiger partial charge >= 0.3 is 5.97 Å². The van der Waals surface area contributed by atoms with Crippen LogP contribution in [0.4, 0.5) is 0 Å². The van der Waals surface area contributed by atoms with Crippen molar-refractivity contribution in [2.24, 2.45) is 0 Å². The first-order valence-electron chi connectivity index (χ1n) is 5.62. The van der Waals surface area contributed by atoms with Crippen molar-refractivity contribution < 1.29 is 19.0 Å². The van der Waals surface area contributed by atoms with Crippen LogP contribution in [0.2, 0.25) is 0 Å². The van der Waals surface area contributed by atoms with Gasteiger partial charge in [0.05, 0.1) is 44.5 Å². The van der Waals surface area contributed by atoms with Crippen molar-refractivity contribution in [2.45, 2.75) is 12.0 Å². The largest absolute Gasteiger partial charge is 0.465 e. The van der Waals surface area contributed by atoms with Crippen LogP contribution >= 0.6 is 0 Å². The first-order chi connectivity index (χ1) is 8.25. The van der Waals surface area contributed by atoms with Gasteiger partial charge in [-0.05, 0) is 23.3 Å². The van der Waals surface area contributed by atoms with E-state index in [1.54, 1.807) is 6.07 Å². The Morgan fingerprint density at radius 3 is 2.71 bits per heavy atom. The van der Waals surface area contributed by atoms with Crippen LogP contribution in [0.5, 0.6) is 0 Å². The molecular weight excluding hydrogens is 220 g/mol. The lowest BCUT2D eigenvalue weighted by Gasteiger charge is -2.45. The summed E-state index contributed by atoms with van der Waals surface area (Å²) in [6.45, 7) is 2.62. The van der Waals surface area contributed by atoms with E-state index < -0.39 is 0 Å². The normalized spacial score (nSPS) is 20.5. The molecule has 0 unspecified atom stereocenters. The van der Waals surface area contributed by atoms with E-state index in [1.807, 2.05) is 12.1 Å². The van der Waals surface area contributed by atoms with E-state index in [4.69, 9.17) is 14.2 Å². The fourth-order valence-corrected chi connectivity index (χ4v) is 2.46. The van der Waals surface area contributed by atoms with Crippen LogP contribution < -0.4 is 0 Å². The van der Waals surface area contributed by atoms with Crippen molar-refractivity contribution >= 4 is 5.97 Å². The van der Waals surface area contributed by atoms with Gasteiger partial charge in [0.1, 0.15) is 0 Å². The average molecular weight is 234 g/mol. The summed E-state index contributed by atoms with van der Waals surface area (Å²) in [5.74, 6) is -0.297. The van der Waals surface area contributed by atoms with Gasteiger partial charge in [0.25, 0.3) is 0 Å². The third-order valence-electron chi connectivity index (χ3n) is 3.49. The maximum Gasteiger partial charge on any atom is 0.337 e. The summed E-state index contributed by atoms with van der Waals surface area (Å²) in [6.07, 6.45) is 0. The minimum absolute atomic E-state index is 0.0440. The lowest BCUT2D eigenvalue weighted by molar-refractivity contribution is -0.111. The van der Waals surface area contributed by atoms with Crippen LogP contribution in [0.1, 0.15) is 21.5 Å². The molecule has 0 saturated carbocycles. The third kappa shape index (κ3) is 1.56. The van der Waals surface area contributed by atoms with Crippen molar-refractivity contribution in [3.8, 4) is 0 Å². The molecule has 17 heavy (non-hydrogen) atoms. The summed E-state index contributed by atoms with van der Waals surface area (Å²) in [5.41, 5.74) is 2.88. The Kier molecular flexibility index (Phi) is 2.42. The SMILES string of the molecule is COC(=O)c1ccc2c(c1)C1(COC2)COC1. The molecule has 0 amide bonds. The Morgan fingerprint density at radius 1 is 1.29 bits per heavy atom. The van der Waals surface area contributed by atoms with E-state index in [0.29, 0.717) is 32.0 Å². The minimum atomic E-state index is -0.297. The molecule has 1 aromatic carbocycles. The summed E-state index contributed by atoms with van der Waals surface area (Å²) in [6, 6.07) is 5.65. The number of carbonyl (C=O) groups excluding carboxylic acids is 1. The van der Waals surface area contributed by atoms with Crippen molar-refractivity contribution in [3.63, 3.8) is 0 Å². The highest BCUT2D eigenvalue weighted by molar-refractivity contribution is 5.89. The fraction of sp³-hybridized carbons (Fsp3) is 0.462. The molecule has 2 heterocycles. The van der Waals surface area contributed by atoms with E-state index in [0.717, 1.165) is 5.56 Å². The minimum Gasteiger partial charge on any atom is -0.465 e. The van der Waals surface area contributed by atoms with Crippen LogP contribution in [-0.4, -0.2) is 32.9 Å². The summed E-state index contributed by atoms with van der Waals surface area (Å²) in [5, 5.41) is 0. The highest BCUT2D eigenvalue weighted by atomic mass is 16.5. The zero-order valence-electron chi connectivity index (χ0n) is 9.69. The van der Waals surface area contributed by atoms with E-state index in [1.165, 1.54) is 12.7 Å². The van der Waals surface area contributed by atoms with Crippen LogP contribution in [0.15, 0.2) is 18.2 Å². The molecule has 2 aliphatic heterocycles. The number of esters is 1. The first kappa shape index (κ1) is 10.7. The Labute approximate surface area is 99.5 Å². The molecule has 2 aliphatic rings. The lowest BCUT2D eigenvalue weighted by Crippen LogP contribution is -2.52. The average Bonchev–Trinajstić information content (AvgIpc) is 2.34. The maximum atomic E-state index is 11.5. The molecule has 0 atom stereocenters. The van der Waals surface area contributed by atoms with Crippen LogP contribution in [-0.2, 0) is 26.2 Å². The van der Waals surface area contributed by atoms with Gasteiger partial charge in [-0.25, -0.2) is 4.79 Å². The van der Waals surface area contributed by atoms with Gasteiger partial charge in [-0.1, -0.05) is 6.07 Å². The molecule has 0 N–H and O–H groups in total. The number of hydrogen-bond acceptors (Lipinski definition) is 4. The number of rotatable bonds is 1. The number of hydrogen-bond donors (Lipinski definition) is 0. The van der Waals surface area contributed by atoms with Gasteiger partial charge < -0.3 is 14.2 Å². The van der Waals surface area contributed by atoms with E-state index in [9.17, 15) is 4.79 Å². The van der Waals surface area contributed by atoms with Gasteiger partial charge in [-0.3, -0.25) is 0 Å². The molecule has 0 aliphatic carbocycles. The topological polar surface area (TPSA) is 44.8 Å². The van der Waals surface area contributed by atoms with Crippen molar-refractivity contribution in [1.29, 1.82) is 0 Å². The van der Waals surface area contributed by atoms with Crippen molar-refractivity contribution in [3.05, 3.63) is 34.9 Å². The molecule has 0 aromatic heterocycles. The maximum absolute atomic E-state index is 11.5. The number of fused-ring (bicyclic) bond motifs is 2. The predicted molar refractivity (Wildman–Crippen MR) is 59.9 cm³/mol. The van der Waals surface area contributed by atoms with Gasteiger partial charge in [-0.2, -0.15) is 0 Å². The zero-order chi connectivity index (χ0) is 11.9. The molecule has 1 aromatic rings. The second kappa shape index (κ2) is 3.82. The molecule has 1 fully saturated rings. The van der Waals surface area contributed by atoms with Crippen LogP contribution in [0.3, 0.4) is 0 Å². The lowest BCUT2D eigenvalue weighted by atomic mass is 9.75. The number of ether oxygens (including phenoxy) is 3. The van der Waals surface area contributed by atoms with Crippen LogP contribution in [0, 0.1) is 0 Å². The summed E-state index contributed by atoms with van der Waals surface area (Å²) >= 11 is 0. The molecule has 4 heteroatoms. The van der Waals surface area contributed by atoms with Gasteiger partial charge in [-0.15, -0.1) is 0 Å². The van der Waals surface area contributed by atoms with E-state index in [-0.39, 0.29) is 11.4 Å². The summed E-state index contributed by atoms with van der Waals surface area (Å²) < 4.78 is 15.6. The number of methoxy groups -OCH3 is 1. The Morgan fingerprint density at radius 2 is 2.06 bits per heavy atom. The van der Waals surface area contributed by atoms with Gasteiger partial charge in [0.2, 0.25) is 0 Å². The predicted octanol–water partition coefficient (Wildman–Crippen LogP) is 1.27. The summed E-state index contributed by atoms with van der Waals surface area (Å²) in [7, 11) is 1.40. The standard InChI is InChI=1S/C13H14O4/c1-15-12(14)9-2-3-10-5-16-6-13(7-17-8-13)11(10)4-9/h2-4H,5-8H2,1H3. The van der Waals surface area contributed by atoms with Crippen molar-refractivity contribution in [2.75, 3.05) is 26.9 Å². The Hall–Kier alpha value is -1.39. The first-order valence-corrected chi connectivity index (χ1v) is 5.62. The molecule has 4 nitrogen and oxygen atoms in total. The van der Waals surface area contributed by atoms with Crippen LogP contribution in [0.25, 0.3) is 0 Å². The molecule has 90 valence electrons. The molecule has 3 rings (SSSR count). The molecule has 0 bridgehead atoms. The fourth-order valence-electron chi connectivity index (χ4n) is 2.46. The number of benzene rings is 1. The second-order valence-electron chi connectivity index (χ2n) is 4.63. The Balaban J connectivity index is 2.05. The molecule has 1 spiro atoms. The summed E-state index contributed by atoms with van der Waals surface area (Å²) in [4.78, 5) is 11.5. The second-order valence-corrected chi connectivity index (χ2v) is 4.63. The van der Waals surface area contributed by atoms with Crippen molar-refractivity contribution in [1.82, 2.24) is 0 Å². The monoisotopic (exact) mass is 234 g/mol. The Bertz CT molecular complexity index is 462. The smallest absolute Gasteiger partial charge is 0.337 e. The zero-order valence-corrected chi connectivity index (χ0v) is 9.69. The van der Waals surface area contributed by atoms with E-state index in [2.05, 4.69) is 0 Å². The molecule has 0 radical (unpaired) electrons. The third-order valence-corrected chi connectivity index (χ3v) is 3.49. The molecule has 1 saturated heterocycles. The highest BCUT2D eigenvalue weighted by Crippen LogP contribution is 2.38. The van der Waals surface area contributed by atoms with Gasteiger partial charge in [0, 0.05) is 0 Å². The van der Waals surface area contributed by atoms with E-state index >= 15 is 0 Å². The quantitative estimate of drug-likeness (QED) is 0.686.